The molecule has 2 heteroatoms. The first-order valence-electron chi connectivity index (χ1n) is 6.58. The van der Waals surface area contributed by atoms with Crippen molar-refractivity contribution in [3.63, 3.8) is 0 Å². The first kappa shape index (κ1) is 12.4. The maximum atomic E-state index is 5.40. The summed E-state index contributed by atoms with van der Waals surface area (Å²) >= 11 is 0. The highest BCUT2D eigenvalue weighted by atomic mass is 16.5. The van der Waals surface area contributed by atoms with Crippen molar-refractivity contribution < 1.29 is 4.74 Å². The second-order valence-electron chi connectivity index (χ2n) is 5.22. The lowest BCUT2D eigenvalue weighted by atomic mass is 9.76. The van der Waals surface area contributed by atoms with Crippen LogP contribution < -0.4 is 10.1 Å². The van der Waals surface area contributed by atoms with Crippen LogP contribution >= 0.6 is 0 Å². The third-order valence-corrected chi connectivity index (χ3v) is 3.96. The fourth-order valence-corrected chi connectivity index (χ4v) is 2.73. The van der Waals surface area contributed by atoms with Crippen LogP contribution in [0.3, 0.4) is 0 Å². The van der Waals surface area contributed by atoms with Crippen LogP contribution in [-0.4, -0.2) is 20.2 Å². The monoisotopic (exact) mass is 233 g/mol. The maximum Gasteiger partial charge on any atom is 0.122 e. The quantitative estimate of drug-likeness (QED) is 0.866. The van der Waals surface area contributed by atoms with Gasteiger partial charge in [0, 0.05) is 12.0 Å². The molecule has 0 aliphatic carbocycles. The van der Waals surface area contributed by atoms with Gasteiger partial charge < -0.3 is 10.1 Å². The fourth-order valence-electron chi connectivity index (χ4n) is 2.73. The van der Waals surface area contributed by atoms with Crippen LogP contribution in [0.4, 0.5) is 0 Å². The van der Waals surface area contributed by atoms with Crippen LogP contribution in [0.1, 0.15) is 37.8 Å². The summed E-state index contributed by atoms with van der Waals surface area (Å²) in [5.74, 6) is 1.02. The summed E-state index contributed by atoms with van der Waals surface area (Å²) in [6.07, 6.45) is 3.57. The molecule has 1 aromatic rings. The Morgan fingerprint density at radius 3 is 2.82 bits per heavy atom. The minimum atomic E-state index is 0.286. The van der Waals surface area contributed by atoms with Crippen LogP contribution in [0.15, 0.2) is 18.2 Å². The zero-order valence-corrected chi connectivity index (χ0v) is 11.2. The van der Waals surface area contributed by atoms with Crippen LogP contribution in [-0.2, 0) is 11.8 Å². The number of piperidine rings is 1. The predicted octanol–water partition coefficient (Wildman–Crippen LogP) is 2.90. The largest absolute Gasteiger partial charge is 0.496 e. The maximum absolute atomic E-state index is 5.40. The van der Waals surface area contributed by atoms with Crippen LogP contribution in [0.5, 0.6) is 5.75 Å². The topological polar surface area (TPSA) is 21.3 Å². The number of rotatable bonds is 3. The minimum absolute atomic E-state index is 0.286. The Labute approximate surface area is 104 Å². The van der Waals surface area contributed by atoms with E-state index >= 15 is 0 Å². The van der Waals surface area contributed by atoms with Gasteiger partial charge in [-0.1, -0.05) is 26.0 Å². The summed E-state index contributed by atoms with van der Waals surface area (Å²) in [6.45, 7) is 6.79. The molecule has 1 N–H and O–H groups in total. The third-order valence-electron chi connectivity index (χ3n) is 3.96. The molecule has 0 spiro atoms. The number of hydrogen-bond donors (Lipinski definition) is 1. The highest BCUT2D eigenvalue weighted by molar-refractivity contribution is 5.40. The molecule has 0 amide bonds. The summed E-state index contributed by atoms with van der Waals surface area (Å²) in [6, 6.07) is 6.67. The zero-order chi connectivity index (χ0) is 12.3. The fraction of sp³-hybridized carbons (Fsp3) is 0.600. The van der Waals surface area contributed by atoms with Crippen molar-refractivity contribution in [2.24, 2.45) is 0 Å². The van der Waals surface area contributed by atoms with Crippen molar-refractivity contribution in [3.05, 3.63) is 29.3 Å². The SMILES string of the molecule is CCc1cc(C2(C)CCCNC2)ccc1OC. The van der Waals surface area contributed by atoms with Crippen molar-refractivity contribution in [1.29, 1.82) is 0 Å². The van der Waals surface area contributed by atoms with E-state index in [0.717, 1.165) is 25.3 Å². The molecule has 0 radical (unpaired) electrons. The molecular formula is C15H23NO. The summed E-state index contributed by atoms with van der Waals surface area (Å²) in [5, 5.41) is 3.51. The average molecular weight is 233 g/mol. The number of ether oxygens (including phenoxy) is 1. The van der Waals surface area contributed by atoms with Crippen LogP contribution in [0, 0.1) is 0 Å². The summed E-state index contributed by atoms with van der Waals surface area (Å²) < 4.78 is 5.40. The van der Waals surface area contributed by atoms with Crippen molar-refractivity contribution in [2.75, 3.05) is 20.2 Å². The summed E-state index contributed by atoms with van der Waals surface area (Å²) in [7, 11) is 1.75. The van der Waals surface area contributed by atoms with E-state index in [-0.39, 0.29) is 5.41 Å². The standard InChI is InChI=1S/C15H23NO/c1-4-12-10-13(6-7-14(12)17-3)15(2)8-5-9-16-11-15/h6-7,10,16H,4-5,8-9,11H2,1-3H3. The van der Waals surface area contributed by atoms with Gasteiger partial charge >= 0.3 is 0 Å². The van der Waals surface area contributed by atoms with Crippen LogP contribution in [0.2, 0.25) is 0 Å². The van der Waals surface area contributed by atoms with Gasteiger partial charge in [0.15, 0.2) is 0 Å². The zero-order valence-electron chi connectivity index (χ0n) is 11.2. The van der Waals surface area contributed by atoms with Gasteiger partial charge in [-0.3, -0.25) is 0 Å². The molecule has 1 fully saturated rings. The van der Waals surface area contributed by atoms with Gasteiger partial charge in [-0.2, -0.15) is 0 Å². The van der Waals surface area contributed by atoms with Crippen molar-refractivity contribution in [2.45, 2.75) is 38.5 Å². The lowest BCUT2D eigenvalue weighted by Gasteiger charge is -2.35. The van der Waals surface area contributed by atoms with E-state index in [1.165, 1.54) is 24.0 Å². The first-order chi connectivity index (χ1) is 8.19. The Bertz CT molecular complexity index is 381. The molecule has 0 bridgehead atoms. The Hall–Kier alpha value is -1.02. The highest BCUT2D eigenvalue weighted by Crippen LogP contribution is 2.33. The second kappa shape index (κ2) is 5.09. The molecule has 2 nitrogen and oxygen atoms in total. The Balaban J connectivity index is 2.32. The molecule has 1 saturated heterocycles. The molecule has 17 heavy (non-hydrogen) atoms. The first-order valence-corrected chi connectivity index (χ1v) is 6.58. The second-order valence-corrected chi connectivity index (χ2v) is 5.22. The summed E-state index contributed by atoms with van der Waals surface area (Å²) in [5.41, 5.74) is 3.05. The van der Waals surface area contributed by atoms with E-state index in [1.807, 2.05) is 0 Å². The van der Waals surface area contributed by atoms with Gasteiger partial charge in [0.05, 0.1) is 7.11 Å². The molecule has 94 valence electrons. The minimum Gasteiger partial charge on any atom is -0.496 e. The third kappa shape index (κ3) is 2.47. The van der Waals surface area contributed by atoms with Crippen molar-refractivity contribution >= 4 is 0 Å². The Morgan fingerprint density at radius 1 is 1.41 bits per heavy atom. The number of methoxy groups -OCH3 is 1. The number of hydrogen-bond acceptors (Lipinski definition) is 2. The molecule has 2 rings (SSSR count). The Kier molecular flexibility index (Phi) is 3.72. The van der Waals surface area contributed by atoms with Gasteiger partial charge in [0.25, 0.3) is 0 Å². The van der Waals surface area contributed by atoms with Gasteiger partial charge in [-0.05, 0) is 43.0 Å². The summed E-state index contributed by atoms with van der Waals surface area (Å²) in [4.78, 5) is 0. The molecule has 1 aliphatic heterocycles. The van der Waals surface area contributed by atoms with Crippen molar-refractivity contribution in [3.8, 4) is 5.75 Å². The Morgan fingerprint density at radius 2 is 2.24 bits per heavy atom. The van der Waals surface area contributed by atoms with Gasteiger partial charge in [0.2, 0.25) is 0 Å². The average Bonchev–Trinajstić information content (AvgIpc) is 2.38. The molecular weight excluding hydrogens is 210 g/mol. The molecule has 1 aromatic carbocycles. The predicted molar refractivity (Wildman–Crippen MR) is 71.8 cm³/mol. The lowest BCUT2D eigenvalue weighted by Crippen LogP contribution is -2.41. The van der Waals surface area contributed by atoms with Gasteiger partial charge in [-0.25, -0.2) is 0 Å². The normalized spacial score (nSPS) is 24.6. The molecule has 1 atom stereocenters. The van der Waals surface area contributed by atoms with Gasteiger partial charge in [0.1, 0.15) is 5.75 Å². The van der Waals surface area contributed by atoms with Crippen LogP contribution in [0.25, 0.3) is 0 Å². The highest BCUT2D eigenvalue weighted by Gasteiger charge is 2.29. The van der Waals surface area contributed by atoms with E-state index in [9.17, 15) is 0 Å². The molecule has 1 aliphatic rings. The van der Waals surface area contributed by atoms with E-state index < -0.39 is 0 Å². The number of aryl methyl sites for hydroxylation is 1. The van der Waals surface area contributed by atoms with E-state index in [2.05, 4.69) is 37.4 Å². The molecule has 1 heterocycles. The van der Waals surface area contributed by atoms with Gasteiger partial charge in [-0.15, -0.1) is 0 Å². The van der Waals surface area contributed by atoms with E-state index in [0.29, 0.717) is 0 Å². The number of benzene rings is 1. The van der Waals surface area contributed by atoms with Crippen molar-refractivity contribution in [1.82, 2.24) is 5.32 Å². The number of nitrogens with one attached hydrogen (secondary N) is 1. The smallest absolute Gasteiger partial charge is 0.122 e. The van der Waals surface area contributed by atoms with E-state index in [1.54, 1.807) is 7.11 Å². The molecule has 1 unspecified atom stereocenters. The molecule has 0 aromatic heterocycles. The molecule has 0 saturated carbocycles. The van der Waals surface area contributed by atoms with E-state index in [4.69, 9.17) is 4.74 Å². The lowest BCUT2D eigenvalue weighted by molar-refractivity contribution is 0.338.